The maximum absolute atomic E-state index is 13.0. The van der Waals surface area contributed by atoms with Gasteiger partial charge < -0.3 is 19.9 Å². The fourth-order valence-electron chi connectivity index (χ4n) is 3.37. The first kappa shape index (κ1) is 23.8. The second kappa shape index (κ2) is 9.88. The summed E-state index contributed by atoms with van der Waals surface area (Å²) in [6.45, 7) is 1.83. The molecule has 0 spiro atoms. The number of halogens is 3. The summed E-state index contributed by atoms with van der Waals surface area (Å²) >= 11 is 0. The van der Waals surface area contributed by atoms with Gasteiger partial charge in [0.1, 0.15) is 12.4 Å². The monoisotopic (exact) mass is 481 g/mol. The van der Waals surface area contributed by atoms with Gasteiger partial charge in [-0.05, 0) is 61.0 Å². The average Bonchev–Trinajstić information content (AvgIpc) is 3.19. The molecule has 7 nitrogen and oxygen atoms in total. The third-order valence-electron chi connectivity index (χ3n) is 5.09. The quantitative estimate of drug-likeness (QED) is 0.164. The summed E-state index contributed by atoms with van der Waals surface area (Å²) in [5.74, 6) is -0.207. The number of amidine groups is 1. The van der Waals surface area contributed by atoms with Gasteiger partial charge in [0.25, 0.3) is 0 Å². The standard InChI is InChI=1S/C25H22F3N5O2/c1-16-13-21(24(31-30-16)35-20-7-3-6-19(15-20)25(26,27)28)23(29)32-34-12-4-5-17-8-9-22-18(14-17)10-11-33(22)2/h3-11,13-15H,12H2,1-2H3,(H2,29,32)/b5-4+. The summed E-state index contributed by atoms with van der Waals surface area (Å²) < 4.78 is 46.6. The number of aryl methyl sites for hydroxylation is 2. The molecule has 2 heterocycles. The van der Waals surface area contributed by atoms with Crippen LogP contribution < -0.4 is 10.5 Å². The van der Waals surface area contributed by atoms with Crippen LogP contribution in [0.1, 0.15) is 22.4 Å². The third-order valence-corrected chi connectivity index (χ3v) is 5.09. The van der Waals surface area contributed by atoms with Crippen molar-refractivity contribution in [3.05, 3.63) is 89.3 Å². The van der Waals surface area contributed by atoms with Crippen LogP contribution in [0.3, 0.4) is 0 Å². The number of hydrogen-bond acceptors (Lipinski definition) is 5. The van der Waals surface area contributed by atoms with Gasteiger partial charge in [0.2, 0.25) is 5.88 Å². The summed E-state index contributed by atoms with van der Waals surface area (Å²) in [6.07, 6.45) is 1.19. The van der Waals surface area contributed by atoms with E-state index in [2.05, 4.69) is 21.4 Å². The summed E-state index contributed by atoms with van der Waals surface area (Å²) in [4.78, 5) is 5.29. The van der Waals surface area contributed by atoms with E-state index in [0.717, 1.165) is 28.6 Å². The molecule has 10 heteroatoms. The van der Waals surface area contributed by atoms with Crippen LogP contribution in [0.2, 0.25) is 0 Å². The molecular weight excluding hydrogens is 459 g/mol. The Kier molecular flexibility index (Phi) is 6.72. The number of aromatic nitrogens is 3. The highest BCUT2D eigenvalue weighted by atomic mass is 19.4. The molecule has 2 aromatic heterocycles. The molecule has 0 aliphatic rings. The zero-order chi connectivity index (χ0) is 25.0. The van der Waals surface area contributed by atoms with Crippen LogP contribution in [0.4, 0.5) is 13.2 Å². The molecule has 0 bridgehead atoms. The largest absolute Gasteiger partial charge is 0.437 e. The van der Waals surface area contributed by atoms with Crippen LogP contribution in [0, 0.1) is 6.92 Å². The Morgan fingerprint density at radius 1 is 1.11 bits per heavy atom. The van der Waals surface area contributed by atoms with Crippen molar-refractivity contribution < 1.29 is 22.7 Å². The molecule has 0 saturated carbocycles. The smallest absolute Gasteiger partial charge is 0.416 e. The van der Waals surface area contributed by atoms with Gasteiger partial charge in [-0.2, -0.15) is 18.3 Å². The molecule has 2 N–H and O–H groups in total. The molecule has 4 aromatic rings. The van der Waals surface area contributed by atoms with Crippen LogP contribution in [0.25, 0.3) is 17.0 Å². The van der Waals surface area contributed by atoms with E-state index in [4.69, 9.17) is 15.3 Å². The van der Waals surface area contributed by atoms with Crippen molar-refractivity contribution in [1.82, 2.24) is 14.8 Å². The van der Waals surface area contributed by atoms with Gasteiger partial charge in [0.15, 0.2) is 5.84 Å². The van der Waals surface area contributed by atoms with Crippen LogP contribution >= 0.6 is 0 Å². The lowest BCUT2D eigenvalue weighted by molar-refractivity contribution is -0.137. The normalized spacial score (nSPS) is 12.4. The first-order valence-electron chi connectivity index (χ1n) is 10.6. The highest BCUT2D eigenvalue weighted by Gasteiger charge is 2.30. The Labute approximate surface area is 199 Å². The Bertz CT molecular complexity index is 1410. The average molecular weight is 481 g/mol. The van der Waals surface area contributed by atoms with E-state index in [-0.39, 0.29) is 29.6 Å². The third kappa shape index (κ3) is 5.78. The van der Waals surface area contributed by atoms with Crippen LogP contribution in [-0.4, -0.2) is 27.2 Å². The Morgan fingerprint density at radius 2 is 1.94 bits per heavy atom. The lowest BCUT2D eigenvalue weighted by atomic mass is 10.1. The number of alkyl halides is 3. The fraction of sp³-hybridized carbons (Fsp3) is 0.160. The second-order valence-electron chi connectivity index (χ2n) is 7.75. The van der Waals surface area contributed by atoms with E-state index in [1.54, 1.807) is 19.1 Å². The predicted octanol–water partition coefficient (Wildman–Crippen LogP) is 5.44. The first-order valence-corrected chi connectivity index (χ1v) is 10.6. The number of ether oxygens (including phenoxy) is 1. The zero-order valence-electron chi connectivity index (χ0n) is 19.0. The molecule has 0 radical (unpaired) electrons. The molecule has 0 aliphatic carbocycles. The molecule has 0 aliphatic heterocycles. The van der Waals surface area contributed by atoms with Gasteiger partial charge in [-0.15, -0.1) is 5.10 Å². The number of fused-ring (bicyclic) bond motifs is 1. The molecular formula is C25H22F3N5O2. The van der Waals surface area contributed by atoms with Crippen LogP contribution in [0.5, 0.6) is 11.6 Å². The minimum absolute atomic E-state index is 0.0518. The molecule has 0 saturated heterocycles. The van der Waals surface area contributed by atoms with Gasteiger partial charge in [-0.1, -0.05) is 23.4 Å². The summed E-state index contributed by atoms with van der Waals surface area (Å²) in [5.41, 5.74) is 8.11. The van der Waals surface area contributed by atoms with Crippen molar-refractivity contribution in [2.75, 3.05) is 6.61 Å². The van der Waals surface area contributed by atoms with Crippen molar-refractivity contribution >= 4 is 22.8 Å². The topological polar surface area (TPSA) is 87.5 Å². The molecule has 0 atom stereocenters. The Hall–Kier alpha value is -4.34. The SMILES string of the molecule is Cc1cc(/C(N)=N/OC/C=C/c2ccc3c(ccn3C)c2)c(Oc2cccc(C(F)(F)F)c2)nn1. The zero-order valence-corrected chi connectivity index (χ0v) is 19.0. The van der Waals surface area contributed by atoms with Crippen molar-refractivity contribution in [2.45, 2.75) is 13.1 Å². The highest BCUT2D eigenvalue weighted by molar-refractivity contribution is 5.99. The van der Waals surface area contributed by atoms with Gasteiger partial charge in [-0.25, -0.2) is 0 Å². The lowest BCUT2D eigenvalue weighted by Crippen LogP contribution is -2.16. The second-order valence-corrected chi connectivity index (χ2v) is 7.75. The number of oxime groups is 1. The number of rotatable bonds is 7. The van der Waals surface area contributed by atoms with Gasteiger partial charge >= 0.3 is 6.18 Å². The van der Waals surface area contributed by atoms with Crippen LogP contribution in [-0.2, 0) is 18.1 Å². The molecule has 0 amide bonds. The fourth-order valence-corrected chi connectivity index (χ4v) is 3.37. The minimum Gasteiger partial charge on any atom is -0.437 e. The van der Waals surface area contributed by atoms with Crippen molar-refractivity contribution in [2.24, 2.45) is 17.9 Å². The number of hydrogen-bond donors (Lipinski definition) is 1. The van der Waals surface area contributed by atoms with Gasteiger partial charge in [-0.3, -0.25) is 0 Å². The maximum Gasteiger partial charge on any atom is 0.416 e. The molecule has 0 fully saturated rings. The van der Waals surface area contributed by atoms with Gasteiger partial charge in [0, 0.05) is 24.1 Å². The van der Waals surface area contributed by atoms with E-state index in [1.165, 1.54) is 12.1 Å². The molecule has 35 heavy (non-hydrogen) atoms. The number of nitrogens with zero attached hydrogens (tertiary/aromatic N) is 4. The van der Waals surface area contributed by atoms with Crippen molar-refractivity contribution in [3.8, 4) is 11.6 Å². The van der Waals surface area contributed by atoms with E-state index in [9.17, 15) is 13.2 Å². The predicted molar refractivity (Wildman–Crippen MR) is 127 cm³/mol. The lowest BCUT2D eigenvalue weighted by Gasteiger charge is -2.11. The Morgan fingerprint density at radius 3 is 2.74 bits per heavy atom. The molecule has 0 unspecified atom stereocenters. The van der Waals surface area contributed by atoms with Crippen LogP contribution in [0.15, 0.2) is 72.0 Å². The van der Waals surface area contributed by atoms with E-state index < -0.39 is 11.7 Å². The molecule has 2 aromatic carbocycles. The summed E-state index contributed by atoms with van der Waals surface area (Å²) in [6, 6.07) is 14.1. The van der Waals surface area contributed by atoms with E-state index in [0.29, 0.717) is 5.69 Å². The minimum atomic E-state index is -4.50. The summed E-state index contributed by atoms with van der Waals surface area (Å²) in [7, 11) is 1.99. The molecule has 4 rings (SSSR count). The van der Waals surface area contributed by atoms with E-state index in [1.807, 2.05) is 42.1 Å². The maximum atomic E-state index is 13.0. The number of benzene rings is 2. The van der Waals surface area contributed by atoms with Crippen molar-refractivity contribution in [1.29, 1.82) is 0 Å². The highest BCUT2D eigenvalue weighted by Crippen LogP contribution is 2.33. The van der Waals surface area contributed by atoms with Gasteiger partial charge in [0.05, 0.1) is 16.8 Å². The summed E-state index contributed by atoms with van der Waals surface area (Å²) in [5, 5.41) is 12.8. The first-order chi connectivity index (χ1) is 16.7. The Balaban J connectivity index is 1.44. The molecule has 180 valence electrons. The van der Waals surface area contributed by atoms with Crippen molar-refractivity contribution in [3.63, 3.8) is 0 Å². The number of nitrogens with two attached hydrogens (primary N) is 1. The van der Waals surface area contributed by atoms with E-state index >= 15 is 0 Å².